The average molecular weight is 1160 g/mol. The van der Waals surface area contributed by atoms with E-state index in [1.165, 1.54) is 5.56 Å². The summed E-state index contributed by atoms with van der Waals surface area (Å²) >= 11 is 0. The van der Waals surface area contributed by atoms with Gasteiger partial charge in [0.05, 0.1) is 0 Å². The van der Waals surface area contributed by atoms with Crippen molar-refractivity contribution in [3.05, 3.63) is 273 Å². The number of benzene rings is 10. The maximum absolute atomic E-state index is 7.16. The summed E-state index contributed by atoms with van der Waals surface area (Å²) in [6.07, 6.45) is 2.04. The topological polar surface area (TPSA) is 33.5 Å². The van der Waals surface area contributed by atoms with Gasteiger partial charge in [0.25, 0.3) is 0 Å². The van der Waals surface area contributed by atoms with Gasteiger partial charge in [0.2, 0.25) is 0 Å². The molecule has 0 amide bonds. The van der Waals surface area contributed by atoms with E-state index in [0.717, 1.165) is 106 Å². The number of anilines is 4. The quantitative estimate of drug-likeness (QED) is 0.128. The van der Waals surface area contributed by atoms with Crippen LogP contribution in [0.2, 0.25) is 0 Å². The average Bonchev–Trinajstić information content (AvgIpc) is 4.14. The number of fused-ring (bicyclic) bond motifs is 4. The Labute approximate surface area is 459 Å². The number of nitrogens with zero attached hydrogens (tertiary/aromatic N) is 4. The molecule has 10 aromatic carbocycles. The fourth-order valence-electron chi connectivity index (χ4n) is 10.7. The minimum absolute atomic E-state index is 0. The summed E-state index contributed by atoms with van der Waals surface area (Å²) in [7, 11) is 0. The van der Waals surface area contributed by atoms with Gasteiger partial charge in [0.1, 0.15) is 5.82 Å². The number of pyridine rings is 1. The molecule has 370 valence electrons. The third kappa shape index (κ3) is 8.87. The normalized spacial score (nSPS) is 12.2. The second-order valence-electron chi connectivity index (χ2n) is 20.1. The zero-order valence-corrected chi connectivity index (χ0v) is 44.5. The van der Waals surface area contributed by atoms with E-state index in [0.29, 0.717) is 11.5 Å². The summed E-state index contributed by atoms with van der Waals surface area (Å²) in [6.45, 7) is 9.00. The van der Waals surface area contributed by atoms with Crippen molar-refractivity contribution in [3.8, 4) is 73.0 Å². The van der Waals surface area contributed by atoms with E-state index in [1.54, 1.807) is 0 Å². The molecule has 12 aromatic rings. The Morgan fingerprint density at radius 3 is 1.57 bits per heavy atom. The second-order valence-corrected chi connectivity index (χ2v) is 20.1. The van der Waals surface area contributed by atoms with Gasteiger partial charge < -0.3 is 19.1 Å². The molecule has 0 N–H and O–H groups in total. The number of aromatic nitrogens is 2. The minimum atomic E-state index is -0.179. The van der Waals surface area contributed by atoms with Gasteiger partial charge in [-0.3, -0.25) is 0 Å². The van der Waals surface area contributed by atoms with Crippen molar-refractivity contribution >= 4 is 44.6 Å². The van der Waals surface area contributed by atoms with Crippen LogP contribution in [0.5, 0.6) is 11.5 Å². The minimum Gasteiger partial charge on any atom is -0.509 e. The van der Waals surface area contributed by atoms with Gasteiger partial charge in [-0.2, -0.15) is 12.1 Å². The molecule has 1 aliphatic heterocycles. The molecular weight excluding hydrogens is 1110 g/mol. The third-order valence-corrected chi connectivity index (χ3v) is 14.3. The molecule has 0 fully saturated rings. The zero-order valence-electron chi connectivity index (χ0n) is 42.3. The molecule has 1 aliphatic rings. The van der Waals surface area contributed by atoms with E-state index in [1.807, 2.05) is 24.4 Å². The third-order valence-electron chi connectivity index (χ3n) is 14.3. The van der Waals surface area contributed by atoms with Gasteiger partial charge in [0, 0.05) is 78.0 Å². The first kappa shape index (κ1) is 48.2. The Hall–Kier alpha value is -8.76. The van der Waals surface area contributed by atoms with Crippen LogP contribution in [0.1, 0.15) is 26.3 Å². The molecule has 0 bridgehead atoms. The summed E-state index contributed by atoms with van der Waals surface area (Å²) in [5, 5.41) is 2.15. The molecule has 0 aliphatic carbocycles. The van der Waals surface area contributed by atoms with Crippen LogP contribution in [0.4, 0.5) is 22.7 Å². The van der Waals surface area contributed by atoms with Crippen molar-refractivity contribution in [1.29, 1.82) is 0 Å². The Kier molecular flexibility index (Phi) is 12.8. The fraction of sp³-hybridized carbons (Fsp3) is 0.0571. The Morgan fingerprint density at radius 1 is 0.447 bits per heavy atom. The molecule has 0 saturated heterocycles. The SMILES string of the molecule is CC(C)(C)c1cc(-n2c3[c-]c(Oc4[c-]c(N5[CH-]N(c6c(-c7ccccc7)cccc6-c6ccccc6)c6ccccc65)ccc4)c(-c4ccccc4)cc3c3cc(-c4ccccc4)ccc32)ncc1-c1ccccc1.[Pt]. The largest absolute Gasteiger partial charge is 0.509 e. The maximum atomic E-state index is 7.16. The Balaban J connectivity index is 0.00000582. The van der Waals surface area contributed by atoms with Crippen LogP contribution in [0.25, 0.3) is 83.3 Å². The molecule has 0 spiro atoms. The molecule has 76 heavy (non-hydrogen) atoms. The summed E-state index contributed by atoms with van der Waals surface area (Å²) in [5.74, 6) is 1.96. The smallest absolute Gasteiger partial charge is 0.135 e. The standard InChI is InChI=1S/C70H51N4O.Pt/c1-70(2,3)62-44-68(71-46-61(62)52-31-17-8-18-32-52)74-63-40-39-53(48-23-9-4-10-24-48)41-59(63)60-43-58(51-29-15-7-16-30-51)67(45-66(60)74)75-55-34-21-33-54(42-55)72-47-73(65-38-20-19-37-64(65)72)69-56(49-25-11-5-12-26-49)35-22-36-57(69)50-27-13-6-14-28-50;/h4-41,43-44,46-47H,1-3H3;/q-3;. The summed E-state index contributed by atoms with van der Waals surface area (Å²) in [4.78, 5) is 9.81. The Morgan fingerprint density at radius 2 is 0.974 bits per heavy atom. The molecule has 0 atom stereocenters. The maximum Gasteiger partial charge on any atom is 0.135 e. The van der Waals surface area contributed by atoms with Gasteiger partial charge in [0.15, 0.2) is 0 Å². The molecule has 13 rings (SSSR count). The van der Waals surface area contributed by atoms with Crippen LogP contribution in [0, 0.1) is 18.8 Å². The molecule has 2 aromatic heterocycles. The molecule has 0 unspecified atom stereocenters. The van der Waals surface area contributed by atoms with Crippen LogP contribution in [0.15, 0.2) is 249 Å². The molecular formula is C70H51N4OPt-3. The zero-order chi connectivity index (χ0) is 50.5. The van der Waals surface area contributed by atoms with Crippen LogP contribution in [-0.4, -0.2) is 9.55 Å². The Bertz CT molecular complexity index is 3980. The van der Waals surface area contributed by atoms with E-state index in [2.05, 4.69) is 278 Å². The number of para-hydroxylation sites is 3. The summed E-state index contributed by atoms with van der Waals surface area (Å²) in [5.41, 5.74) is 18.0. The monoisotopic (exact) mass is 1160 g/mol. The number of ether oxygens (including phenoxy) is 1. The van der Waals surface area contributed by atoms with E-state index >= 15 is 0 Å². The molecule has 3 heterocycles. The van der Waals surface area contributed by atoms with Crippen molar-refractivity contribution in [3.63, 3.8) is 0 Å². The van der Waals surface area contributed by atoms with Gasteiger partial charge in [-0.1, -0.05) is 232 Å². The van der Waals surface area contributed by atoms with Crippen molar-refractivity contribution in [2.75, 3.05) is 9.80 Å². The van der Waals surface area contributed by atoms with E-state index in [-0.39, 0.29) is 26.5 Å². The van der Waals surface area contributed by atoms with Crippen LogP contribution in [-0.2, 0) is 26.5 Å². The number of hydrogen-bond donors (Lipinski definition) is 0. The first-order valence-corrected chi connectivity index (χ1v) is 25.5. The van der Waals surface area contributed by atoms with Gasteiger partial charge in [-0.15, -0.1) is 42.0 Å². The van der Waals surface area contributed by atoms with E-state index < -0.39 is 0 Å². The fourth-order valence-corrected chi connectivity index (χ4v) is 10.7. The van der Waals surface area contributed by atoms with Crippen molar-refractivity contribution in [1.82, 2.24) is 9.55 Å². The molecule has 6 heteroatoms. The first-order valence-electron chi connectivity index (χ1n) is 25.5. The second kappa shape index (κ2) is 20.2. The van der Waals surface area contributed by atoms with Gasteiger partial charge in [-0.05, 0) is 68.4 Å². The summed E-state index contributed by atoms with van der Waals surface area (Å²) in [6, 6.07) is 93.0. The molecule has 5 nitrogen and oxygen atoms in total. The van der Waals surface area contributed by atoms with Crippen LogP contribution in [0.3, 0.4) is 0 Å². The first-order chi connectivity index (χ1) is 36.8. The predicted octanol–water partition coefficient (Wildman–Crippen LogP) is 18.6. The molecule has 0 saturated carbocycles. The van der Waals surface area contributed by atoms with E-state index in [4.69, 9.17) is 9.72 Å². The molecule has 0 radical (unpaired) electrons. The van der Waals surface area contributed by atoms with Crippen LogP contribution >= 0.6 is 0 Å². The van der Waals surface area contributed by atoms with Gasteiger partial charge in [-0.25, -0.2) is 4.98 Å². The predicted molar refractivity (Wildman–Crippen MR) is 310 cm³/mol. The number of hydrogen-bond acceptors (Lipinski definition) is 4. The van der Waals surface area contributed by atoms with Crippen molar-refractivity contribution < 1.29 is 25.8 Å². The number of rotatable bonds is 10. The summed E-state index contributed by atoms with van der Waals surface area (Å²) < 4.78 is 9.42. The van der Waals surface area contributed by atoms with Gasteiger partial charge >= 0.3 is 0 Å². The van der Waals surface area contributed by atoms with Crippen LogP contribution < -0.4 is 14.5 Å². The van der Waals surface area contributed by atoms with E-state index in [9.17, 15) is 0 Å². The van der Waals surface area contributed by atoms with Crippen molar-refractivity contribution in [2.45, 2.75) is 26.2 Å². The van der Waals surface area contributed by atoms with Crippen molar-refractivity contribution in [2.24, 2.45) is 0 Å².